The molecule has 0 saturated heterocycles. The quantitative estimate of drug-likeness (QED) is 0.584. The maximum absolute atomic E-state index is 2.33. The number of allylic oxidation sites excluding steroid dienone is 4. The van der Waals surface area contributed by atoms with Gasteiger partial charge in [-0.1, -0.05) is 69.7 Å². The molecule has 0 radical (unpaired) electrons. The van der Waals surface area contributed by atoms with Gasteiger partial charge in [0.15, 0.2) is 0 Å². The second kappa shape index (κ2) is 6.58. The van der Waals surface area contributed by atoms with Gasteiger partial charge in [0.1, 0.15) is 0 Å². The zero-order valence-corrected chi connectivity index (χ0v) is 12.6. The topological polar surface area (TPSA) is 0 Å². The lowest BCUT2D eigenvalue weighted by Gasteiger charge is -2.09. The summed E-state index contributed by atoms with van der Waals surface area (Å²) in [5.74, 6) is 1.17. The third-order valence-corrected chi connectivity index (χ3v) is 2.87. The Balaban J connectivity index is 3.11. The van der Waals surface area contributed by atoms with Gasteiger partial charge in [0.05, 0.1) is 0 Å². The summed E-state index contributed by atoms with van der Waals surface area (Å²) in [4.78, 5) is 0. The third-order valence-electron chi connectivity index (χ3n) is 2.87. The van der Waals surface area contributed by atoms with Gasteiger partial charge in [-0.25, -0.2) is 0 Å². The predicted octanol–water partition coefficient (Wildman–Crippen LogP) is 5.82. The van der Waals surface area contributed by atoms with Gasteiger partial charge in [0.2, 0.25) is 0 Å². The Kier molecular flexibility index (Phi) is 5.40. The van der Waals surface area contributed by atoms with E-state index in [9.17, 15) is 0 Å². The van der Waals surface area contributed by atoms with Gasteiger partial charge in [-0.3, -0.25) is 0 Å². The molecular weight excluding hydrogens is 216 g/mol. The average molecular weight is 242 g/mol. The Morgan fingerprint density at radius 1 is 0.944 bits per heavy atom. The molecule has 0 aliphatic heterocycles. The zero-order valence-electron chi connectivity index (χ0n) is 12.6. The van der Waals surface area contributed by atoms with Gasteiger partial charge in [0, 0.05) is 0 Å². The first kappa shape index (κ1) is 14.8. The molecule has 0 nitrogen and oxygen atoms in total. The number of benzene rings is 1. The van der Waals surface area contributed by atoms with Crippen LogP contribution in [0.4, 0.5) is 0 Å². The van der Waals surface area contributed by atoms with Crippen LogP contribution >= 0.6 is 0 Å². The van der Waals surface area contributed by atoms with E-state index in [4.69, 9.17) is 0 Å². The van der Waals surface area contributed by atoms with E-state index >= 15 is 0 Å². The summed E-state index contributed by atoms with van der Waals surface area (Å²) in [5.41, 5.74) is 5.39. The van der Waals surface area contributed by atoms with Gasteiger partial charge in [0.25, 0.3) is 0 Å². The summed E-state index contributed by atoms with van der Waals surface area (Å²) in [7, 11) is 0. The van der Waals surface area contributed by atoms with Crippen molar-refractivity contribution in [3.63, 3.8) is 0 Å². The molecule has 0 heteroatoms. The lowest BCUT2D eigenvalue weighted by molar-refractivity contribution is 0.834. The van der Waals surface area contributed by atoms with Crippen LogP contribution in [0.25, 0.3) is 5.57 Å². The van der Waals surface area contributed by atoms with Gasteiger partial charge < -0.3 is 0 Å². The first-order chi connectivity index (χ1) is 8.40. The van der Waals surface area contributed by atoms with Crippen LogP contribution in [0.3, 0.4) is 0 Å². The van der Waals surface area contributed by atoms with Crippen molar-refractivity contribution < 1.29 is 0 Å². The zero-order chi connectivity index (χ0) is 13.7. The summed E-state index contributed by atoms with van der Waals surface area (Å²) in [6.45, 7) is 13.2. The second-order valence-corrected chi connectivity index (χ2v) is 5.86. The minimum Gasteiger partial charge on any atom is -0.0758 e. The minimum atomic E-state index is 0.570. The third kappa shape index (κ3) is 4.52. The van der Waals surface area contributed by atoms with E-state index < -0.39 is 0 Å². The van der Waals surface area contributed by atoms with Crippen molar-refractivity contribution in [2.75, 3.05) is 0 Å². The molecule has 0 aliphatic carbocycles. The maximum Gasteiger partial charge on any atom is -0.0187 e. The first-order valence-electron chi connectivity index (χ1n) is 6.87. The Labute approximate surface area is 112 Å². The van der Waals surface area contributed by atoms with E-state index in [0.717, 1.165) is 0 Å². The summed E-state index contributed by atoms with van der Waals surface area (Å²) < 4.78 is 0. The van der Waals surface area contributed by atoms with Crippen LogP contribution < -0.4 is 0 Å². The molecule has 0 atom stereocenters. The molecule has 1 aromatic rings. The van der Waals surface area contributed by atoms with Crippen LogP contribution in [-0.2, 0) is 0 Å². The molecule has 1 aromatic carbocycles. The standard InChI is InChI=1S/C18H26/c1-13(2)11-18(12-14(3)4)17-9-7-16(8-10-17)15(5)6/h7-13,15H,1-6H3/b18-11+. The molecule has 0 amide bonds. The van der Waals surface area contributed by atoms with E-state index in [1.165, 1.54) is 22.3 Å². The Bertz CT molecular complexity index is 424. The molecule has 0 spiro atoms. The monoisotopic (exact) mass is 242 g/mol. The van der Waals surface area contributed by atoms with Crippen molar-refractivity contribution in [2.45, 2.75) is 47.5 Å². The molecule has 98 valence electrons. The Morgan fingerprint density at radius 2 is 1.50 bits per heavy atom. The first-order valence-corrected chi connectivity index (χ1v) is 6.87. The molecule has 0 heterocycles. The van der Waals surface area contributed by atoms with Crippen LogP contribution in [0.15, 0.2) is 42.0 Å². The van der Waals surface area contributed by atoms with Crippen LogP contribution in [0, 0.1) is 5.92 Å². The highest BCUT2D eigenvalue weighted by molar-refractivity contribution is 5.74. The summed E-state index contributed by atoms with van der Waals surface area (Å²) in [5, 5.41) is 0. The molecule has 0 unspecified atom stereocenters. The highest BCUT2D eigenvalue weighted by Crippen LogP contribution is 2.22. The van der Waals surface area contributed by atoms with Crippen molar-refractivity contribution in [3.8, 4) is 0 Å². The van der Waals surface area contributed by atoms with Crippen molar-refractivity contribution in [3.05, 3.63) is 53.1 Å². The fourth-order valence-electron chi connectivity index (χ4n) is 1.96. The largest absolute Gasteiger partial charge is 0.0758 e. The van der Waals surface area contributed by atoms with E-state index in [2.05, 4.69) is 78.0 Å². The highest BCUT2D eigenvalue weighted by atomic mass is 14.1. The van der Waals surface area contributed by atoms with Crippen molar-refractivity contribution in [2.24, 2.45) is 5.92 Å². The van der Waals surface area contributed by atoms with Crippen molar-refractivity contribution in [1.29, 1.82) is 0 Å². The van der Waals surface area contributed by atoms with Crippen molar-refractivity contribution >= 4 is 5.57 Å². The summed E-state index contributed by atoms with van der Waals surface area (Å²) in [6.07, 6.45) is 4.60. The molecule has 0 N–H and O–H groups in total. The second-order valence-electron chi connectivity index (χ2n) is 5.86. The number of hydrogen-bond acceptors (Lipinski definition) is 0. The average Bonchev–Trinajstić information content (AvgIpc) is 2.27. The molecular formula is C18H26. The predicted molar refractivity (Wildman–Crippen MR) is 82.8 cm³/mol. The Hall–Kier alpha value is -1.30. The van der Waals surface area contributed by atoms with Gasteiger partial charge >= 0.3 is 0 Å². The lowest BCUT2D eigenvalue weighted by Crippen LogP contribution is -1.90. The Morgan fingerprint density at radius 3 is 1.89 bits per heavy atom. The fourth-order valence-corrected chi connectivity index (χ4v) is 1.96. The van der Waals surface area contributed by atoms with Crippen LogP contribution in [-0.4, -0.2) is 0 Å². The normalized spacial score (nSPS) is 12.1. The number of hydrogen-bond donors (Lipinski definition) is 0. The molecule has 0 saturated carbocycles. The fraction of sp³-hybridized carbons (Fsp3) is 0.444. The van der Waals surface area contributed by atoms with Crippen LogP contribution in [0.5, 0.6) is 0 Å². The highest BCUT2D eigenvalue weighted by Gasteiger charge is 2.02. The van der Waals surface area contributed by atoms with Crippen LogP contribution in [0.1, 0.15) is 58.6 Å². The number of rotatable bonds is 4. The van der Waals surface area contributed by atoms with Crippen LogP contribution in [0.2, 0.25) is 0 Å². The summed E-state index contributed by atoms with van der Waals surface area (Å²) >= 11 is 0. The smallest absolute Gasteiger partial charge is 0.0187 e. The molecule has 0 aliphatic rings. The minimum absolute atomic E-state index is 0.570. The van der Waals surface area contributed by atoms with Crippen molar-refractivity contribution in [1.82, 2.24) is 0 Å². The van der Waals surface area contributed by atoms with Gasteiger partial charge in [-0.05, 0) is 42.4 Å². The molecule has 0 bridgehead atoms. The molecule has 18 heavy (non-hydrogen) atoms. The van der Waals surface area contributed by atoms with E-state index in [-0.39, 0.29) is 0 Å². The molecule has 1 rings (SSSR count). The van der Waals surface area contributed by atoms with E-state index in [0.29, 0.717) is 11.8 Å². The van der Waals surface area contributed by atoms with Gasteiger partial charge in [-0.2, -0.15) is 0 Å². The lowest BCUT2D eigenvalue weighted by atomic mass is 9.96. The maximum atomic E-state index is 2.33. The molecule has 0 aromatic heterocycles. The van der Waals surface area contributed by atoms with E-state index in [1.54, 1.807) is 0 Å². The van der Waals surface area contributed by atoms with E-state index in [1.807, 2.05) is 0 Å². The SMILES string of the molecule is CC(C)=C/C(=C\C(C)C)c1ccc(C(C)C)cc1. The summed E-state index contributed by atoms with van der Waals surface area (Å²) in [6, 6.07) is 8.96. The molecule has 0 fully saturated rings. The van der Waals surface area contributed by atoms with Gasteiger partial charge in [-0.15, -0.1) is 0 Å².